The van der Waals surface area contributed by atoms with Crippen LogP contribution >= 0.6 is 0 Å². The topological polar surface area (TPSA) is 18.5 Å². The highest BCUT2D eigenvalue weighted by atomic mass is 16.7. The van der Waals surface area contributed by atoms with Crippen molar-refractivity contribution in [3.05, 3.63) is 42.0 Å². The molecule has 0 radical (unpaired) electrons. The second-order valence-electron chi connectivity index (χ2n) is 5.04. The molecule has 2 atom stereocenters. The van der Waals surface area contributed by atoms with Gasteiger partial charge < -0.3 is 9.47 Å². The van der Waals surface area contributed by atoms with Crippen LogP contribution in [0.3, 0.4) is 0 Å². The van der Waals surface area contributed by atoms with Crippen LogP contribution in [0, 0.1) is 5.92 Å². The number of benzene rings is 1. The summed E-state index contributed by atoms with van der Waals surface area (Å²) in [5.74, 6) is -0.0823. The first-order chi connectivity index (χ1) is 8.07. The molecule has 2 heteroatoms. The van der Waals surface area contributed by atoms with Crippen LogP contribution in [0.1, 0.15) is 26.3 Å². The van der Waals surface area contributed by atoms with E-state index in [0.29, 0.717) is 5.92 Å². The van der Waals surface area contributed by atoms with Crippen LogP contribution in [-0.2, 0) is 9.47 Å². The highest BCUT2D eigenvalue weighted by Gasteiger charge is 2.32. The van der Waals surface area contributed by atoms with E-state index in [-0.39, 0.29) is 6.10 Å². The molecule has 1 aliphatic heterocycles. The Bertz CT molecular complexity index is 381. The van der Waals surface area contributed by atoms with Gasteiger partial charge in [-0.05, 0) is 19.4 Å². The van der Waals surface area contributed by atoms with Crippen LogP contribution in [0.2, 0.25) is 0 Å². The predicted octanol–water partition coefficient (Wildman–Crippen LogP) is 3.49. The minimum absolute atomic E-state index is 0.124. The standard InChI is InChI=1S/C15H20O2/c1-12-11-16-15(2,3)17-14(12)10-9-13-7-5-4-6-8-13/h4-10,12,14H,11H2,1-3H3/b10-9+. The molecule has 0 saturated carbocycles. The lowest BCUT2D eigenvalue weighted by Crippen LogP contribution is -2.43. The van der Waals surface area contributed by atoms with E-state index in [1.165, 1.54) is 5.56 Å². The van der Waals surface area contributed by atoms with Crippen LogP contribution in [0.25, 0.3) is 6.08 Å². The Morgan fingerprint density at radius 2 is 1.94 bits per heavy atom. The molecule has 17 heavy (non-hydrogen) atoms. The molecule has 2 unspecified atom stereocenters. The summed E-state index contributed by atoms with van der Waals surface area (Å²) >= 11 is 0. The fourth-order valence-electron chi connectivity index (χ4n) is 1.90. The number of ether oxygens (including phenoxy) is 2. The normalized spacial score (nSPS) is 28.4. The fourth-order valence-corrected chi connectivity index (χ4v) is 1.90. The van der Waals surface area contributed by atoms with Gasteiger partial charge in [0, 0.05) is 5.92 Å². The van der Waals surface area contributed by atoms with Gasteiger partial charge in [-0.25, -0.2) is 0 Å². The zero-order valence-electron chi connectivity index (χ0n) is 10.7. The Morgan fingerprint density at radius 1 is 1.24 bits per heavy atom. The zero-order valence-corrected chi connectivity index (χ0v) is 10.7. The average Bonchev–Trinajstić information content (AvgIpc) is 2.32. The molecule has 0 bridgehead atoms. The maximum Gasteiger partial charge on any atom is 0.163 e. The van der Waals surface area contributed by atoms with Gasteiger partial charge in [-0.1, -0.05) is 49.4 Å². The molecule has 1 heterocycles. The molecule has 0 spiro atoms. The molecule has 0 N–H and O–H groups in total. The smallest absolute Gasteiger partial charge is 0.163 e. The van der Waals surface area contributed by atoms with Gasteiger partial charge in [0.2, 0.25) is 0 Å². The van der Waals surface area contributed by atoms with Crippen molar-refractivity contribution in [3.63, 3.8) is 0 Å². The van der Waals surface area contributed by atoms with Gasteiger partial charge in [0.25, 0.3) is 0 Å². The molecule has 92 valence electrons. The third-order valence-corrected chi connectivity index (χ3v) is 2.95. The third-order valence-electron chi connectivity index (χ3n) is 2.95. The van der Waals surface area contributed by atoms with E-state index < -0.39 is 5.79 Å². The van der Waals surface area contributed by atoms with Gasteiger partial charge in [-0.3, -0.25) is 0 Å². The van der Waals surface area contributed by atoms with Crippen LogP contribution in [0.5, 0.6) is 0 Å². The largest absolute Gasteiger partial charge is 0.350 e. The lowest BCUT2D eigenvalue weighted by atomic mass is 10.0. The van der Waals surface area contributed by atoms with Crippen molar-refractivity contribution in [2.45, 2.75) is 32.7 Å². The second kappa shape index (κ2) is 5.03. The summed E-state index contributed by atoms with van der Waals surface area (Å²) in [4.78, 5) is 0. The van der Waals surface area contributed by atoms with Crippen LogP contribution in [-0.4, -0.2) is 18.5 Å². The van der Waals surface area contributed by atoms with Crippen molar-refractivity contribution in [1.82, 2.24) is 0 Å². The van der Waals surface area contributed by atoms with Crippen molar-refractivity contribution in [2.24, 2.45) is 5.92 Å². The molecular formula is C15H20O2. The van der Waals surface area contributed by atoms with Gasteiger partial charge in [-0.2, -0.15) is 0 Å². The number of hydrogen-bond donors (Lipinski definition) is 0. The first kappa shape index (κ1) is 12.3. The first-order valence-corrected chi connectivity index (χ1v) is 6.12. The van der Waals surface area contributed by atoms with E-state index in [9.17, 15) is 0 Å². The summed E-state index contributed by atoms with van der Waals surface area (Å²) < 4.78 is 11.5. The molecule has 1 aromatic carbocycles. The Hall–Kier alpha value is -1.12. The molecule has 1 aromatic rings. The van der Waals surface area contributed by atoms with E-state index in [1.807, 2.05) is 32.0 Å². The van der Waals surface area contributed by atoms with Crippen molar-refractivity contribution in [2.75, 3.05) is 6.61 Å². The molecule has 1 aliphatic rings. The minimum Gasteiger partial charge on any atom is -0.350 e. The summed E-state index contributed by atoms with van der Waals surface area (Å²) in [6.45, 7) is 6.82. The lowest BCUT2D eigenvalue weighted by Gasteiger charge is -2.38. The van der Waals surface area contributed by atoms with Gasteiger partial charge in [0.1, 0.15) is 0 Å². The van der Waals surface area contributed by atoms with E-state index >= 15 is 0 Å². The maximum absolute atomic E-state index is 5.90. The highest BCUT2D eigenvalue weighted by molar-refractivity contribution is 5.49. The Labute approximate surface area is 103 Å². The molecule has 1 fully saturated rings. The molecule has 0 amide bonds. The van der Waals surface area contributed by atoms with Crippen molar-refractivity contribution in [3.8, 4) is 0 Å². The van der Waals surface area contributed by atoms with E-state index in [4.69, 9.17) is 9.47 Å². The van der Waals surface area contributed by atoms with Crippen molar-refractivity contribution in [1.29, 1.82) is 0 Å². The zero-order chi connectivity index (χ0) is 12.3. The molecule has 0 aliphatic carbocycles. The summed E-state index contributed by atoms with van der Waals surface area (Å²) in [6.07, 6.45) is 4.37. The number of rotatable bonds is 2. The van der Waals surface area contributed by atoms with Gasteiger partial charge in [0.15, 0.2) is 5.79 Å². The Kier molecular flexibility index (Phi) is 3.65. The van der Waals surface area contributed by atoms with Crippen LogP contribution in [0.4, 0.5) is 0 Å². The third kappa shape index (κ3) is 3.42. The lowest BCUT2D eigenvalue weighted by molar-refractivity contribution is -0.279. The first-order valence-electron chi connectivity index (χ1n) is 6.12. The molecule has 0 aromatic heterocycles. The summed E-state index contributed by atoms with van der Waals surface area (Å²) in [7, 11) is 0. The van der Waals surface area contributed by atoms with E-state index in [2.05, 4.69) is 31.2 Å². The highest BCUT2D eigenvalue weighted by Crippen LogP contribution is 2.27. The Balaban J connectivity index is 2.04. The maximum atomic E-state index is 5.90. The van der Waals surface area contributed by atoms with Crippen molar-refractivity contribution < 1.29 is 9.47 Å². The SMILES string of the molecule is CC1COC(C)(C)OC1/C=C/c1ccccc1. The van der Waals surface area contributed by atoms with Gasteiger partial charge in [-0.15, -0.1) is 0 Å². The van der Waals surface area contributed by atoms with Gasteiger partial charge in [0.05, 0.1) is 12.7 Å². The van der Waals surface area contributed by atoms with Gasteiger partial charge >= 0.3 is 0 Å². The van der Waals surface area contributed by atoms with Crippen LogP contribution in [0.15, 0.2) is 36.4 Å². The molecular weight excluding hydrogens is 212 g/mol. The van der Waals surface area contributed by atoms with Crippen molar-refractivity contribution >= 4 is 6.08 Å². The minimum atomic E-state index is -0.474. The van der Waals surface area contributed by atoms with E-state index in [1.54, 1.807) is 0 Å². The predicted molar refractivity (Wildman–Crippen MR) is 69.5 cm³/mol. The monoisotopic (exact) mass is 232 g/mol. The molecule has 2 nitrogen and oxygen atoms in total. The van der Waals surface area contributed by atoms with Crippen LogP contribution < -0.4 is 0 Å². The fraction of sp³-hybridized carbons (Fsp3) is 0.467. The summed E-state index contributed by atoms with van der Waals surface area (Å²) in [5.41, 5.74) is 1.20. The van der Waals surface area contributed by atoms with E-state index in [0.717, 1.165) is 6.61 Å². The second-order valence-corrected chi connectivity index (χ2v) is 5.04. The Morgan fingerprint density at radius 3 is 2.65 bits per heavy atom. The molecule has 2 rings (SSSR count). The summed E-state index contributed by atoms with van der Waals surface area (Å²) in [5, 5.41) is 0. The summed E-state index contributed by atoms with van der Waals surface area (Å²) in [6, 6.07) is 10.3. The average molecular weight is 232 g/mol. The quantitative estimate of drug-likeness (QED) is 0.777. The number of hydrogen-bond acceptors (Lipinski definition) is 2. The molecule has 1 saturated heterocycles.